The van der Waals surface area contributed by atoms with E-state index in [0.717, 1.165) is 24.5 Å². The molecule has 4 rings (SSSR count). The van der Waals surface area contributed by atoms with E-state index in [4.69, 9.17) is 4.74 Å². The number of hydrogen-bond donors (Lipinski definition) is 1. The van der Waals surface area contributed by atoms with Crippen LogP contribution in [0.1, 0.15) is 49.4 Å². The summed E-state index contributed by atoms with van der Waals surface area (Å²) in [6, 6.07) is 17.3. The second-order valence-electron chi connectivity index (χ2n) is 6.81. The van der Waals surface area contributed by atoms with Gasteiger partial charge in [0.05, 0.1) is 12.4 Å². The van der Waals surface area contributed by atoms with Gasteiger partial charge in [-0.2, -0.15) is 0 Å². The molecule has 2 aromatic carbocycles. The fraction of sp³-hybridized carbons (Fsp3) is 0.318. The standard InChI is InChI=1S/C22H25N3O/c1-2-7-17(25-15-14-23-16-25)12-13-24-22-18-8-3-5-10-20(18)26-21-11-6-4-9-19(21)22/h3-6,8-11,14-17,22,24H,2,7,12-13H2,1H3. The zero-order valence-corrected chi connectivity index (χ0v) is 15.1. The lowest BCUT2D eigenvalue weighted by Crippen LogP contribution is -2.28. The minimum atomic E-state index is 0.168. The van der Waals surface area contributed by atoms with E-state index in [1.54, 1.807) is 0 Å². The molecular formula is C22H25N3O. The second-order valence-corrected chi connectivity index (χ2v) is 6.81. The van der Waals surface area contributed by atoms with Crippen molar-refractivity contribution in [2.75, 3.05) is 6.54 Å². The van der Waals surface area contributed by atoms with E-state index in [1.165, 1.54) is 24.0 Å². The number of fused-ring (bicyclic) bond motifs is 2. The first-order valence-corrected chi connectivity index (χ1v) is 9.43. The predicted octanol–water partition coefficient (Wildman–Crippen LogP) is 5.10. The highest BCUT2D eigenvalue weighted by Gasteiger charge is 2.26. The predicted molar refractivity (Wildman–Crippen MR) is 104 cm³/mol. The Kier molecular flexibility index (Phi) is 5.02. The molecule has 0 saturated heterocycles. The van der Waals surface area contributed by atoms with Crippen molar-refractivity contribution in [2.24, 2.45) is 0 Å². The van der Waals surface area contributed by atoms with E-state index >= 15 is 0 Å². The number of nitrogens with zero attached hydrogens (tertiary/aromatic N) is 2. The smallest absolute Gasteiger partial charge is 0.132 e. The van der Waals surface area contributed by atoms with E-state index in [2.05, 4.69) is 52.3 Å². The molecule has 0 radical (unpaired) electrons. The number of nitrogens with one attached hydrogen (secondary N) is 1. The van der Waals surface area contributed by atoms with E-state index in [0.29, 0.717) is 6.04 Å². The lowest BCUT2D eigenvalue weighted by Gasteiger charge is -2.29. The first kappa shape index (κ1) is 16.9. The van der Waals surface area contributed by atoms with Gasteiger partial charge in [-0.05, 0) is 31.5 Å². The number of para-hydroxylation sites is 2. The van der Waals surface area contributed by atoms with E-state index < -0.39 is 0 Å². The van der Waals surface area contributed by atoms with Crippen LogP contribution in [0.4, 0.5) is 0 Å². The molecule has 2 heterocycles. The van der Waals surface area contributed by atoms with Gasteiger partial charge in [-0.15, -0.1) is 0 Å². The van der Waals surface area contributed by atoms with Crippen molar-refractivity contribution in [2.45, 2.75) is 38.3 Å². The molecule has 0 spiro atoms. The van der Waals surface area contributed by atoms with Gasteiger partial charge in [-0.1, -0.05) is 49.7 Å². The first-order chi connectivity index (χ1) is 12.9. The number of hydrogen-bond acceptors (Lipinski definition) is 3. The van der Waals surface area contributed by atoms with E-state index in [1.807, 2.05) is 36.8 Å². The molecule has 3 aromatic rings. The third-order valence-corrected chi connectivity index (χ3v) is 5.07. The van der Waals surface area contributed by atoms with Crippen molar-refractivity contribution < 1.29 is 4.74 Å². The maximum absolute atomic E-state index is 6.08. The molecule has 0 amide bonds. The van der Waals surface area contributed by atoms with E-state index in [-0.39, 0.29) is 6.04 Å². The van der Waals surface area contributed by atoms with Crippen molar-refractivity contribution in [3.8, 4) is 11.5 Å². The Morgan fingerprint density at radius 3 is 2.35 bits per heavy atom. The van der Waals surface area contributed by atoms with Crippen LogP contribution >= 0.6 is 0 Å². The number of benzene rings is 2. The molecule has 1 aliphatic heterocycles. The Morgan fingerprint density at radius 2 is 1.73 bits per heavy atom. The van der Waals surface area contributed by atoms with Crippen LogP contribution in [0, 0.1) is 0 Å². The number of rotatable bonds is 7. The zero-order chi connectivity index (χ0) is 17.8. The Bertz CT molecular complexity index is 799. The number of ether oxygens (including phenoxy) is 1. The molecule has 4 heteroatoms. The molecule has 0 saturated carbocycles. The topological polar surface area (TPSA) is 39.1 Å². The first-order valence-electron chi connectivity index (χ1n) is 9.43. The molecule has 0 fully saturated rings. The lowest BCUT2D eigenvalue weighted by atomic mass is 9.94. The van der Waals surface area contributed by atoms with Crippen LogP contribution in [0.25, 0.3) is 0 Å². The molecule has 1 N–H and O–H groups in total. The highest BCUT2D eigenvalue weighted by atomic mass is 16.5. The largest absolute Gasteiger partial charge is 0.457 e. The maximum Gasteiger partial charge on any atom is 0.132 e. The van der Waals surface area contributed by atoms with Crippen LogP contribution in [0.2, 0.25) is 0 Å². The Hall–Kier alpha value is -2.59. The van der Waals surface area contributed by atoms with Gasteiger partial charge in [0.15, 0.2) is 0 Å². The average Bonchev–Trinajstić information content (AvgIpc) is 3.21. The molecular weight excluding hydrogens is 322 g/mol. The summed E-state index contributed by atoms with van der Waals surface area (Å²) < 4.78 is 8.31. The van der Waals surface area contributed by atoms with Crippen LogP contribution < -0.4 is 10.1 Å². The second kappa shape index (κ2) is 7.75. The zero-order valence-electron chi connectivity index (χ0n) is 15.1. The Morgan fingerprint density at radius 1 is 1.04 bits per heavy atom. The summed E-state index contributed by atoms with van der Waals surface area (Å²) in [4.78, 5) is 4.21. The average molecular weight is 347 g/mol. The van der Waals surface area contributed by atoms with Gasteiger partial charge >= 0.3 is 0 Å². The lowest BCUT2D eigenvalue weighted by molar-refractivity contribution is 0.393. The molecule has 0 bridgehead atoms. The van der Waals surface area contributed by atoms with Gasteiger partial charge in [0.1, 0.15) is 11.5 Å². The van der Waals surface area contributed by atoms with Gasteiger partial charge in [0, 0.05) is 29.6 Å². The van der Waals surface area contributed by atoms with Crippen molar-refractivity contribution in [3.05, 3.63) is 78.4 Å². The van der Waals surface area contributed by atoms with Gasteiger partial charge < -0.3 is 14.6 Å². The summed E-state index contributed by atoms with van der Waals surface area (Å²) in [6.45, 7) is 3.18. The molecule has 26 heavy (non-hydrogen) atoms. The summed E-state index contributed by atoms with van der Waals surface area (Å²) in [6.07, 6.45) is 9.27. The summed E-state index contributed by atoms with van der Waals surface area (Å²) in [5, 5.41) is 3.77. The van der Waals surface area contributed by atoms with Gasteiger partial charge in [-0.3, -0.25) is 0 Å². The van der Waals surface area contributed by atoms with E-state index in [9.17, 15) is 0 Å². The van der Waals surface area contributed by atoms with Crippen molar-refractivity contribution in [1.82, 2.24) is 14.9 Å². The normalized spacial score (nSPS) is 14.3. The number of aromatic nitrogens is 2. The highest BCUT2D eigenvalue weighted by Crippen LogP contribution is 2.42. The molecule has 134 valence electrons. The summed E-state index contributed by atoms with van der Waals surface area (Å²) in [7, 11) is 0. The molecule has 0 aliphatic carbocycles. The maximum atomic E-state index is 6.08. The van der Waals surface area contributed by atoms with Crippen LogP contribution in [0.5, 0.6) is 11.5 Å². The summed E-state index contributed by atoms with van der Waals surface area (Å²) in [5.41, 5.74) is 2.42. The quantitative estimate of drug-likeness (QED) is 0.646. The molecule has 1 atom stereocenters. The molecule has 1 aliphatic rings. The fourth-order valence-electron chi connectivity index (χ4n) is 3.79. The van der Waals surface area contributed by atoms with Crippen molar-refractivity contribution in [1.29, 1.82) is 0 Å². The fourth-order valence-corrected chi connectivity index (χ4v) is 3.79. The molecule has 1 aromatic heterocycles. The minimum absolute atomic E-state index is 0.168. The highest BCUT2D eigenvalue weighted by molar-refractivity contribution is 5.52. The Balaban J connectivity index is 1.51. The monoisotopic (exact) mass is 347 g/mol. The number of imidazole rings is 1. The Labute approximate surface area is 154 Å². The third-order valence-electron chi connectivity index (χ3n) is 5.07. The van der Waals surface area contributed by atoms with Crippen LogP contribution in [0.3, 0.4) is 0 Å². The van der Waals surface area contributed by atoms with Gasteiger partial charge in [0.25, 0.3) is 0 Å². The molecule has 4 nitrogen and oxygen atoms in total. The van der Waals surface area contributed by atoms with Crippen molar-refractivity contribution in [3.63, 3.8) is 0 Å². The summed E-state index contributed by atoms with van der Waals surface area (Å²) >= 11 is 0. The van der Waals surface area contributed by atoms with Crippen LogP contribution in [0.15, 0.2) is 67.3 Å². The van der Waals surface area contributed by atoms with Gasteiger partial charge in [0.2, 0.25) is 0 Å². The van der Waals surface area contributed by atoms with Crippen LogP contribution in [-0.2, 0) is 0 Å². The van der Waals surface area contributed by atoms with Crippen molar-refractivity contribution >= 4 is 0 Å². The summed E-state index contributed by atoms with van der Waals surface area (Å²) in [5.74, 6) is 1.90. The van der Waals surface area contributed by atoms with Gasteiger partial charge in [-0.25, -0.2) is 4.98 Å². The SMILES string of the molecule is CCCC(CCNC1c2ccccc2Oc2ccccc21)n1ccnc1. The molecule has 1 unspecified atom stereocenters. The van der Waals surface area contributed by atoms with Crippen LogP contribution in [-0.4, -0.2) is 16.1 Å². The third kappa shape index (κ3) is 3.37. The minimum Gasteiger partial charge on any atom is -0.457 e.